The van der Waals surface area contributed by atoms with Crippen molar-refractivity contribution in [2.45, 2.75) is 90.1 Å². The van der Waals surface area contributed by atoms with Gasteiger partial charge in [-0.25, -0.2) is 9.59 Å². The number of aliphatic hydroxyl groups is 1. The van der Waals surface area contributed by atoms with Gasteiger partial charge >= 0.3 is 11.6 Å². The van der Waals surface area contributed by atoms with Crippen molar-refractivity contribution in [3.05, 3.63) is 40.3 Å². The Kier molecular flexibility index (Phi) is 9.02. The van der Waals surface area contributed by atoms with Crippen molar-refractivity contribution in [3.8, 4) is 11.5 Å². The van der Waals surface area contributed by atoms with Crippen LogP contribution >= 0.6 is 0 Å². The van der Waals surface area contributed by atoms with Gasteiger partial charge in [0.25, 0.3) is 0 Å². The number of carbonyl (C=O) groups excluding carboxylic acids is 2. The van der Waals surface area contributed by atoms with Crippen molar-refractivity contribution in [1.82, 2.24) is 5.32 Å². The van der Waals surface area contributed by atoms with Crippen LogP contribution in [-0.4, -0.2) is 71.5 Å². The number of methoxy groups -OCH3 is 1. The Morgan fingerprint density at radius 1 is 1.24 bits per heavy atom. The molecule has 12 nitrogen and oxygen atoms in total. The SMILES string of the molecule is CCC1(CC)O[C@@H](Oc2ccc3c(O)c(NC(=O)C(C)C)c(=O)oc3c2C)[C@H](O)[C@H](OC(=O)C2(C)C=CCN2)[C@H]1OC. The van der Waals surface area contributed by atoms with Crippen LogP contribution in [0.2, 0.25) is 0 Å². The van der Waals surface area contributed by atoms with Gasteiger partial charge in [0.05, 0.1) is 5.39 Å². The summed E-state index contributed by atoms with van der Waals surface area (Å²) in [6.07, 6.45) is -0.228. The van der Waals surface area contributed by atoms with E-state index >= 15 is 0 Å². The summed E-state index contributed by atoms with van der Waals surface area (Å²) in [5, 5.41) is 27.9. The molecule has 0 radical (unpaired) electrons. The van der Waals surface area contributed by atoms with Crippen LogP contribution in [0.25, 0.3) is 11.0 Å². The second kappa shape index (κ2) is 12.0. The lowest BCUT2D eigenvalue weighted by Crippen LogP contribution is -2.67. The summed E-state index contributed by atoms with van der Waals surface area (Å²) in [5.41, 5.74) is -2.95. The van der Waals surface area contributed by atoms with Gasteiger partial charge in [-0.3, -0.25) is 10.1 Å². The number of aryl methyl sites for hydroxylation is 1. The highest BCUT2D eigenvalue weighted by Crippen LogP contribution is 2.41. The van der Waals surface area contributed by atoms with Gasteiger partial charge in [0.1, 0.15) is 28.6 Å². The summed E-state index contributed by atoms with van der Waals surface area (Å²) >= 11 is 0. The van der Waals surface area contributed by atoms with Gasteiger partial charge in [-0.05, 0) is 38.8 Å². The van der Waals surface area contributed by atoms with Crippen molar-refractivity contribution in [3.63, 3.8) is 0 Å². The predicted octanol–water partition coefficient (Wildman–Crippen LogP) is 2.90. The zero-order valence-electron chi connectivity index (χ0n) is 25.0. The highest BCUT2D eigenvalue weighted by molar-refractivity contribution is 5.98. The maximum Gasteiger partial charge on any atom is 0.364 e. The molecule has 230 valence electrons. The average Bonchev–Trinajstić information content (AvgIpc) is 3.42. The summed E-state index contributed by atoms with van der Waals surface area (Å²) < 4.78 is 29.7. The van der Waals surface area contributed by atoms with Gasteiger partial charge in [-0.15, -0.1) is 0 Å². The van der Waals surface area contributed by atoms with Crippen LogP contribution in [0, 0.1) is 12.8 Å². The Morgan fingerprint density at radius 2 is 1.93 bits per heavy atom. The molecule has 1 aromatic carbocycles. The molecule has 1 saturated heterocycles. The van der Waals surface area contributed by atoms with Crippen molar-refractivity contribution in [2.24, 2.45) is 5.92 Å². The van der Waals surface area contributed by atoms with Crippen molar-refractivity contribution >= 4 is 28.5 Å². The summed E-state index contributed by atoms with van der Waals surface area (Å²) in [5.74, 6) is -1.70. The van der Waals surface area contributed by atoms with Crippen molar-refractivity contribution < 1.29 is 43.2 Å². The van der Waals surface area contributed by atoms with E-state index in [1.165, 1.54) is 19.2 Å². The van der Waals surface area contributed by atoms with Gasteiger partial charge in [0.15, 0.2) is 23.6 Å². The highest BCUT2D eigenvalue weighted by Gasteiger charge is 2.56. The summed E-state index contributed by atoms with van der Waals surface area (Å²) in [7, 11) is 1.47. The predicted molar refractivity (Wildman–Crippen MR) is 153 cm³/mol. The molecule has 5 atom stereocenters. The first-order chi connectivity index (χ1) is 19.8. The fourth-order valence-corrected chi connectivity index (χ4v) is 5.40. The summed E-state index contributed by atoms with van der Waals surface area (Å²) in [6, 6.07) is 3.00. The molecule has 1 amide bonds. The number of rotatable bonds is 9. The van der Waals surface area contributed by atoms with E-state index in [0.717, 1.165) is 0 Å². The second-order valence-electron chi connectivity index (χ2n) is 11.2. The topological polar surface area (TPSA) is 166 Å². The van der Waals surface area contributed by atoms with E-state index in [0.29, 0.717) is 24.9 Å². The molecule has 1 aromatic heterocycles. The Balaban J connectivity index is 1.69. The lowest BCUT2D eigenvalue weighted by molar-refractivity contribution is -0.320. The normalized spacial score (nSPS) is 26.9. The third kappa shape index (κ3) is 5.51. The minimum atomic E-state index is -1.46. The first-order valence-corrected chi connectivity index (χ1v) is 14.1. The van der Waals surface area contributed by atoms with E-state index in [-0.39, 0.29) is 22.4 Å². The van der Waals surface area contributed by atoms with Crippen molar-refractivity contribution in [1.29, 1.82) is 0 Å². The third-order valence-corrected chi connectivity index (χ3v) is 8.20. The van der Waals surface area contributed by atoms with Crippen LogP contribution in [0.3, 0.4) is 0 Å². The monoisotopic (exact) mass is 588 g/mol. The molecule has 1 unspecified atom stereocenters. The molecular weight excluding hydrogens is 548 g/mol. The zero-order chi connectivity index (χ0) is 31.0. The maximum atomic E-state index is 13.2. The van der Waals surface area contributed by atoms with Gasteiger partial charge in [-0.2, -0.15) is 0 Å². The van der Waals surface area contributed by atoms with E-state index in [9.17, 15) is 24.6 Å². The van der Waals surface area contributed by atoms with Crippen LogP contribution in [-0.2, 0) is 23.8 Å². The number of nitrogens with one attached hydrogen (secondary N) is 2. The molecule has 12 heteroatoms. The lowest BCUT2D eigenvalue weighted by Gasteiger charge is -2.50. The van der Waals surface area contributed by atoms with E-state index < -0.39 is 64.9 Å². The van der Waals surface area contributed by atoms with E-state index in [2.05, 4.69) is 10.6 Å². The number of anilines is 1. The number of aromatic hydroxyl groups is 1. The van der Waals surface area contributed by atoms with Crippen LogP contribution < -0.4 is 21.0 Å². The van der Waals surface area contributed by atoms with E-state index in [1.54, 1.807) is 33.8 Å². The molecular formula is C30H40N2O10. The molecule has 0 saturated carbocycles. The molecule has 3 heterocycles. The van der Waals surface area contributed by atoms with Crippen LogP contribution in [0.5, 0.6) is 11.5 Å². The number of hydrogen-bond acceptors (Lipinski definition) is 11. The molecule has 42 heavy (non-hydrogen) atoms. The van der Waals surface area contributed by atoms with Crippen LogP contribution in [0.15, 0.2) is 33.5 Å². The van der Waals surface area contributed by atoms with Crippen molar-refractivity contribution in [2.75, 3.05) is 19.0 Å². The molecule has 2 aliphatic heterocycles. The zero-order valence-corrected chi connectivity index (χ0v) is 25.0. The smallest absolute Gasteiger partial charge is 0.364 e. The first kappa shape index (κ1) is 31.5. The Labute approximate surface area is 244 Å². The Hall–Kier alpha value is -3.45. The highest BCUT2D eigenvalue weighted by atomic mass is 16.7. The third-order valence-electron chi connectivity index (χ3n) is 8.20. The number of aliphatic hydroxyl groups excluding tert-OH is 1. The number of carbonyl (C=O) groups is 2. The number of hydrogen-bond donors (Lipinski definition) is 4. The number of ether oxygens (including phenoxy) is 4. The fraction of sp³-hybridized carbons (Fsp3) is 0.567. The maximum absolute atomic E-state index is 13.2. The van der Waals surface area contributed by atoms with Gasteiger partial charge in [-0.1, -0.05) is 39.8 Å². The first-order valence-electron chi connectivity index (χ1n) is 14.1. The standard InChI is InChI=1S/C30H40N2O10/c1-8-30(9-2)24(38-7)23(41-28(37)29(6)13-10-14-31-29)21(34)27(42-30)39-18-12-11-17-20(33)19(32-25(35)15(3)4)26(36)40-22(17)16(18)5/h10-13,15,21,23-24,27,31,33-34H,8-9,14H2,1-7H3,(H,32,35)/t21-,23+,24-,27-,29?/m1/s1. The van der Waals surface area contributed by atoms with Crippen LogP contribution in [0.4, 0.5) is 5.69 Å². The largest absolute Gasteiger partial charge is 0.505 e. The second-order valence-corrected chi connectivity index (χ2v) is 11.2. The van der Waals surface area contributed by atoms with Gasteiger partial charge in [0, 0.05) is 25.1 Å². The minimum absolute atomic E-state index is 0.0323. The summed E-state index contributed by atoms with van der Waals surface area (Å²) in [4.78, 5) is 38.1. The number of fused-ring (bicyclic) bond motifs is 1. The minimum Gasteiger partial charge on any atom is -0.505 e. The van der Waals surface area contributed by atoms with Crippen LogP contribution in [0.1, 0.15) is 53.0 Å². The molecule has 0 bridgehead atoms. The Morgan fingerprint density at radius 3 is 2.50 bits per heavy atom. The molecule has 4 N–H and O–H groups in total. The molecule has 2 aliphatic rings. The van der Waals surface area contributed by atoms with E-state index in [1.807, 2.05) is 19.9 Å². The quantitative estimate of drug-likeness (QED) is 0.193. The summed E-state index contributed by atoms with van der Waals surface area (Å²) in [6.45, 7) is 10.9. The van der Waals surface area contributed by atoms with Gasteiger partial charge < -0.3 is 38.9 Å². The van der Waals surface area contributed by atoms with Gasteiger partial charge in [0.2, 0.25) is 12.2 Å². The number of amides is 1. The average molecular weight is 589 g/mol. The number of benzene rings is 1. The fourth-order valence-electron chi connectivity index (χ4n) is 5.40. The molecule has 2 aromatic rings. The lowest BCUT2D eigenvalue weighted by atomic mass is 9.82. The Bertz CT molecular complexity index is 1430. The molecule has 4 rings (SSSR count). The molecule has 1 fully saturated rings. The molecule has 0 aliphatic carbocycles. The molecule has 0 spiro atoms. The number of esters is 1. The van der Waals surface area contributed by atoms with E-state index in [4.69, 9.17) is 23.4 Å².